The van der Waals surface area contributed by atoms with E-state index in [-0.39, 0.29) is 18.8 Å². The fourth-order valence-electron chi connectivity index (χ4n) is 6.20. The summed E-state index contributed by atoms with van der Waals surface area (Å²) < 4.78 is 5.57. The van der Waals surface area contributed by atoms with Crippen LogP contribution in [0.25, 0.3) is 0 Å². The number of aliphatic hydroxyl groups is 1. The van der Waals surface area contributed by atoms with Gasteiger partial charge in [0.15, 0.2) is 0 Å². The zero-order valence-corrected chi connectivity index (χ0v) is 13.7. The summed E-state index contributed by atoms with van der Waals surface area (Å²) in [5, 5.41) is 9.32. The van der Waals surface area contributed by atoms with E-state index in [0.717, 1.165) is 24.2 Å². The van der Waals surface area contributed by atoms with Gasteiger partial charge in [0, 0.05) is 13.0 Å². The third-order valence-corrected chi connectivity index (χ3v) is 6.72. The minimum absolute atomic E-state index is 0.00780. The topological polar surface area (TPSA) is 49.8 Å². The number of hydrogen-bond donors (Lipinski definition) is 1. The zero-order valence-electron chi connectivity index (χ0n) is 13.7. The van der Waals surface area contributed by atoms with Gasteiger partial charge in [0.1, 0.15) is 0 Å². The maximum Gasteiger partial charge on any atom is 0.223 e. The van der Waals surface area contributed by atoms with Crippen molar-refractivity contribution in [2.45, 2.75) is 64.0 Å². The summed E-state index contributed by atoms with van der Waals surface area (Å²) in [6, 6.07) is 0.143. The van der Waals surface area contributed by atoms with Crippen molar-refractivity contribution < 1.29 is 14.6 Å². The Labute approximate surface area is 133 Å². The molecule has 4 bridgehead atoms. The van der Waals surface area contributed by atoms with Gasteiger partial charge in [-0.1, -0.05) is 0 Å². The van der Waals surface area contributed by atoms with Gasteiger partial charge in [-0.05, 0) is 68.6 Å². The average molecular weight is 307 g/mol. The van der Waals surface area contributed by atoms with Crippen LogP contribution >= 0.6 is 0 Å². The Morgan fingerprint density at radius 1 is 1.18 bits per heavy atom. The van der Waals surface area contributed by atoms with Crippen LogP contribution in [0.1, 0.15) is 51.9 Å². The number of aliphatic hydroxyl groups excluding tert-OH is 1. The van der Waals surface area contributed by atoms with Crippen molar-refractivity contribution in [1.29, 1.82) is 0 Å². The fourth-order valence-corrected chi connectivity index (χ4v) is 6.20. The molecule has 4 aliphatic carbocycles. The Bertz CT molecular complexity index is 414. The first-order valence-corrected chi connectivity index (χ1v) is 9.09. The smallest absolute Gasteiger partial charge is 0.223 e. The highest BCUT2D eigenvalue weighted by molar-refractivity contribution is 5.77. The van der Waals surface area contributed by atoms with Crippen molar-refractivity contribution in [3.63, 3.8) is 0 Å². The molecule has 1 aliphatic heterocycles. The molecule has 1 heterocycles. The van der Waals surface area contributed by atoms with Crippen LogP contribution in [0.3, 0.4) is 0 Å². The van der Waals surface area contributed by atoms with E-state index in [0.29, 0.717) is 24.5 Å². The van der Waals surface area contributed by atoms with Crippen molar-refractivity contribution in [3.8, 4) is 0 Å². The van der Waals surface area contributed by atoms with Crippen LogP contribution in [-0.2, 0) is 9.53 Å². The lowest BCUT2D eigenvalue weighted by atomic mass is 9.49. The van der Waals surface area contributed by atoms with Gasteiger partial charge in [-0.25, -0.2) is 0 Å². The van der Waals surface area contributed by atoms with E-state index in [1.165, 1.54) is 38.5 Å². The van der Waals surface area contributed by atoms with E-state index in [4.69, 9.17) is 4.74 Å². The molecule has 0 aromatic heterocycles. The lowest BCUT2D eigenvalue weighted by Gasteiger charge is -2.57. The normalized spacial score (nSPS) is 47.0. The number of rotatable bonds is 3. The highest BCUT2D eigenvalue weighted by Crippen LogP contribution is 2.61. The molecule has 0 aromatic rings. The molecule has 5 rings (SSSR count). The molecular weight excluding hydrogens is 278 g/mol. The standard InChI is InChI=1S/C18H29NO3/c1-12-11-22-16(10-20)9-19(12)17(21)8-18-5-13-2-14(6-18)4-15(3-13)7-18/h12-16,20H,2-11H2,1H3. The second kappa shape index (κ2) is 5.48. The fraction of sp³-hybridized carbons (Fsp3) is 0.944. The highest BCUT2D eigenvalue weighted by atomic mass is 16.5. The summed E-state index contributed by atoms with van der Waals surface area (Å²) in [5.41, 5.74) is 0.304. The van der Waals surface area contributed by atoms with Gasteiger partial charge in [0.25, 0.3) is 0 Å². The van der Waals surface area contributed by atoms with Crippen LogP contribution in [0.4, 0.5) is 0 Å². The summed E-state index contributed by atoms with van der Waals surface area (Å²) in [4.78, 5) is 14.9. The summed E-state index contributed by atoms with van der Waals surface area (Å²) in [6.07, 6.45) is 8.67. The minimum atomic E-state index is -0.198. The summed E-state index contributed by atoms with van der Waals surface area (Å²) in [7, 11) is 0. The van der Waals surface area contributed by atoms with E-state index in [1.54, 1.807) is 0 Å². The maximum absolute atomic E-state index is 12.9. The van der Waals surface area contributed by atoms with Crippen LogP contribution in [-0.4, -0.2) is 47.8 Å². The van der Waals surface area contributed by atoms with E-state index in [2.05, 4.69) is 6.92 Å². The van der Waals surface area contributed by atoms with Crippen LogP contribution in [0.2, 0.25) is 0 Å². The molecule has 5 fully saturated rings. The molecule has 1 saturated heterocycles. The van der Waals surface area contributed by atoms with Gasteiger partial charge in [-0.15, -0.1) is 0 Å². The molecule has 22 heavy (non-hydrogen) atoms. The number of ether oxygens (including phenoxy) is 1. The quantitative estimate of drug-likeness (QED) is 0.869. The van der Waals surface area contributed by atoms with E-state index in [1.807, 2.05) is 4.90 Å². The Morgan fingerprint density at radius 2 is 1.77 bits per heavy atom. The number of morpholine rings is 1. The molecule has 4 heteroatoms. The van der Waals surface area contributed by atoms with Crippen LogP contribution in [0.5, 0.6) is 0 Å². The largest absolute Gasteiger partial charge is 0.394 e. The van der Waals surface area contributed by atoms with Gasteiger partial charge < -0.3 is 14.7 Å². The number of hydrogen-bond acceptors (Lipinski definition) is 3. The van der Waals surface area contributed by atoms with E-state index in [9.17, 15) is 9.90 Å². The maximum atomic E-state index is 12.9. The molecule has 2 unspecified atom stereocenters. The summed E-state index contributed by atoms with van der Waals surface area (Å²) in [5.74, 6) is 2.99. The third kappa shape index (κ3) is 2.58. The monoisotopic (exact) mass is 307 g/mol. The molecule has 4 saturated carbocycles. The lowest BCUT2D eigenvalue weighted by molar-refractivity contribution is -0.153. The van der Waals surface area contributed by atoms with Crippen LogP contribution in [0, 0.1) is 23.2 Å². The zero-order chi connectivity index (χ0) is 15.3. The van der Waals surface area contributed by atoms with Crippen molar-refractivity contribution >= 4 is 5.91 Å². The van der Waals surface area contributed by atoms with Crippen molar-refractivity contribution in [3.05, 3.63) is 0 Å². The summed E-state index contributed by atoms with van der Waals surface area (Å²) >= 11 is 0. The second-order valence-corrected chi connectivity index (χ2v) is 8.63. The van der Waals surface area contributed by atoms with Gasteiger partial charge in [0.2, 0.25) is 5.91 Å². The van der Waals surface area contributed by atoms with Gasteiger partial charge in [-0.2, -0.15) is 0 Å². The molecule has 2 atom stereocenters. The molecule has 0 radical (unpaired) electrons. The SMILES string of the molecule is CC1COC(CO)CN1C(=O)CC12CC3CC(CC(C3)C1)C2. The number of carbonyl (C=O) groups excluding carboxylic acids is 1. The Morgan fingerprint density at radius 3 is 2.32 bits per heavy atom. The van der Waals surface area contributed by atoms with E-state index >= 15 is 0 Å². The molecular formula is C18H29NO3. The molecule has 5 aliphatic rings. The number of amides is 1. The number of carbonyl (C=O) groups is 1. The molecule has 124 valence electrons. The molecule has 1 N–H and O–H groups in total. The van der Waals surface area contributed by atoms with Crippen molar-refractivity contribution in [2.75, 3.05) is 19.8 Å². The third-order valence-electron chi connectivity index (χ3n) is 6.72. The Hall–Kier alpha value is -0.610. The minimum Gasteiger partial charge on any atom is -0.394 e. The second-order valence-electron chi connectivity index (χ2n) is 8.63. The predicted molar refractivity (Wildman–Crippen MR) is 83.2 cm³/mol. The molecule has 0 aromatic carbocycles. The first kappa shape index (κ1) is 14.9. The number of nitrogens with zero attached hydrogens (tertiary/aromatic N) is 1. The van der Waals surface area contributed by atoms with Gasteiger partial charge in [0.05, 0.1) is 25.4 Å². The van der Waals surface area contributed by atoms with Crippen LogP contribution in [0.15, 0.2) is 0 Å². The van der Waals surface area contributed by atoms with Crippen LogP contribution < -0.4 is 0 Å². The summed E-state index contributed by atoms with van der Waals surface area (Å²) in [6.45, 7) is 3.18. The average Bonchev–Trinajstić information content (AvgIpc) is 2.45. The van der Waals surface area contributed by atoms with Gasteiger partial charge >= 0.3 is 0 Å². The highest BCUT2D eigenvalue weighted by Gasteiger charge is 2.52. The molecule has 4 nitrogen and oxygen atoms in total. The predicted octanol–water partition coefficient (Wildman–Crippen LogP) is 2.20. The van der Waals surface area contributed by atoms with Crippen molar-refractivity contribution in [2.24, 2.45) is 23.2 Å². The van der Waals surface area contributed by atoms with Gasteiger partial charge in [-0.3, -0.25) is 4.79 Å². The Kier molecular flexibility index (Phi) is 3.73. The Balaban J connectivity index is 1.45. The van der Waals surface area contributed by atoms with Crippen molar-refractivity contribution in [1.82, 2.24) is 4.90 Å². The first-order valence-electron chi connectivity index (χ1n) is 9.09. The first-order chi connectivity index (χ1) is 10.6. The lowest BCUT2D eigenvalue weighted by Crippen LogP contribution is -2.54. The molecule has 0 spiro atoms. The molecule has 1 amide bonds. The van der Waals surface area contributed by atoms with E-state index < -0.39 is 0 Å².